The monoisotopic (exact) mass is 301 g/mol. The van der Waals surface area contributed by atoms with Crippen LogP contribution in [0, 0.1) is 11.3 Å². The summed E-state index contributed by atoms with van der Waals surface area (Å²) in [6, 6.07) is 5.20. The van der Waals surface area contributed by atoms with Crippen LogP contribution in [0.2, 0.25) is 0 Å². The first kappa shape index (κ1) is 16.2. The highest BCUT2D eigenvalue weighted by atomic mass is 16.2. The number of hydrogen-bond donors (Lipinski definition) is 2. The van der Waals surface area contributed by atoms with Crippen molar-refractivity contribution in [1.82, 2.24) is 9.88 Å². The van der Waals surface area contributed by atoms with Crippen molar-refractivity contribution < 1.29 is 4.79 Å². The molecule has 2 heterocycles. The van der Waals surface area contributed by atoms with E-state index in [4.69, 9.17) is 11.0 Å². The Morgan fingerprint density at radius 2 is 2.18 bits per heavy atom. The zero-order valence-electron chi connectivity index (χ0n) is 12.8. The molecule has 1 saturated heterocycles. The van der Waals surface area contributed by atoms with Crippen molar-refractivity contribution in [3.63, 3.8) is 0 Å². The molecule has 1 aliphatic rings. The summed E-state index contributed by atoms with van der Waals surface area (Å²) in [5, 5.41) is 11.9. The van der Waals surface area contributed by atoms with E-state index in [1.165, 1.54) is 0 Å². The van der Waals surface area contributed by atoms with Gasteiger partial charge in [-0.15, -0.1) is 0 Å². The molecule has 1 aromatic rings. The van der Waals surface area contributed by atoms with Crippen LogP contribution in [0.5, 0.6) is 0 Å². The number of carbonyl (C=O) groups is 1. The van der Waals surface area contributed by atoms with E-state index in [-0.39, 0.29) is 11.9 Å². The van der Waals surface area contributed by atoms with Crippen LogP contribution in [0.1, 0.15) is 37.7 Å². The molecule has 0 unspecified atom stereocenters. The number of pyridine rings is 1. The maximum absolute atomic E-state index is 12.0. The fraction of sp³-hybridized carbons (Fsp3) is 0.562. The van der Waals surface area contributed by atoms with E-state index in [1.807, 2.05) is 11.0 Å². The standard InChI is InChI=1S/C16H23N5O/c17-11-13-6-7-15(20-12-13)19-8-2-1-5-14(18)16(22)21-9-3-4-10-21/h6-7,12,14H,1-5,8-10,18H2,(H,19,20)/t14-/m0/s1. The lowest BCUT2D eigenvalue weighted by atomic mass is 10.1. The highest BCUT2D eigenvalue weighted by molar-refractivity contribution is 5.81. The first-order valence-corrected chi connectivity index (χ1v) is 7.85. The summed E-state index contributed by atoms with van der Waals surface area (Å²) in [5.74, 6) is 0.857. The van der Waals surface area contributed by atoms with E-state index in [1.54, 1.807) is 18.3 Å². The number of carbonyl (C=O) groups excluding carboxylic acids is 1. The number of likely N-dealkylation sites (tertiary alicyclic amines) is 1. The molecule has 3 N–H and O–H groups in total. The maximum atomic E-state index is 12.0. The van der Waals surface area contributed by atoms with Crippen LogP contribution in [-0.2, 0) is 4.79 Å². The Labute approximate surface area is 131 Å². The van der Waals surface area contributed by atoms with Crippen molar-refractivity contribution in [2.24, 2.45) is 5.73 Å². The molecule has 1 aromatic heterocycles. The summed E-state index contributed by atoms with van der Waals surface area (Å²) in [4.78, 5) is 18.1. The van der Waals surface area contributed by atoms with E-state index in [9.17, 15) is 4.79 Å². The highest BCUT2D eigenvalue weighted by Gasteiger charge is 2.22. The number of nitrogens with two attached hydrogens (primary N) is 1. The number of nitrogens with zero attached hydrogens (tertiary/aromatic N) is 3. The Hall–Kier alpha value is -2.13. The van der Waals surface area contributed by atoms with Gasteiger partial charge in [-0.25, -0.2) is 4.98 Å². The summed E-state index contributed by atoms with van der Waals surface area (Å²) < 4.78 is 0. The van der Waals surface area contributed by atoms with Crippen molar-refractivity contribution in [3.05, 3.63) is 23.9 Å². The molecule has 0 saturated carbocycles. The summed E-state index contributed by atoms with van der Waals surface area (Å²) in [5.41, 5.74) is 6.52. The van der Waals surface area contributed by atoms with Crippen molar-refractivity contribution in [1.29, 1.82) is 5.26 Å². The molecule has 1 atom stereocenters. The molecule has 0 radical (unpaired) electrons. The van der Waals surface area contributed by atoms with Gasteiger partial charge in [-0.3, -0.25) is 4.79 Å². The summed E-state index contributed by atoms with van der Waals surface area (Å²) >= 11 is 0. The van der Waals surface area contributed by atoms with Gasteiger partial charge in [0, 0.05) is 25.8 Å². The van der Waals surface area contributed by atoms with Gasteiger partial charge in [-0.1, -0.05) is 0 Å². The molecule has 1 fully saturated rings. The molecule has 1 aliphatic heterocycles. The topological polar surface area (TPSA) is 95.0 Å². The molecule has 6 nitrogen and oxygen atoms in total. The summed E-state index contributed by atoms with van der Waals surface area (Å²) in [6.07, 6.45) is 6.30. The SMILES string of the molecule is N#Cc1ccc(NCCCC[C@H](N)C(=O)N2CCCC2)nc1. The molecule has 118 valence electrons. The molecule has 0 spiro atoms. The number of nitrogens with one attached hydrogen (secondary N) is 1. The average Bonchev–Trinajstić information content (AvgIpc) is 3.08. The maximum Gasteiger partial charge on any atom is 0.239 e. The predicted molar refractivity (Wildman–Crippen MR) is 85.1 cm³/mol. The fourth-order valence-electron chi connectivity index (χ4n) is 2.57. The van der Waals surface area contributed by atoms with E-state index >= 15 is 0 Å². The third kappa shape index (κ3) is 4.71. The zero-order valence-corrected chi connectivity index (χ0v) is 12.8. The lowest BCUT2D eigenvalue weighted by Gasteiger charge is -2.20. The van der Waals surface area contributed by atoms with E-state index in [2.05, 4.69) is 10.3 Å². The molecule has 1 amide bonds. The smallest absolute Gasteiger partial charge is 0.239 e. The first-order chi connectivity index (χ1) is 10.7. The normalized spacial score (nSPS) is 15.4. The minimum absolute atomic E-state index is 0.0965. The molecular weight excluding hydrogens is 278 g/mol. The lowest BCUT2D eigenvalue weighted by molar-refractivity contribution is -0.131. The Morgan fingerprint density at radius 1 is 1.41 bits per heavy atom. The van der Waals surface area contributed by atoms with E-state index in [0.717, 1.165) is 57.6 Å². The molecular formula is C16H23N5O. The average molecular weight is 301 g/mol. The van der Waals surface area contributed by atoms with E-state index in [0.29, 0.717) is 5.56 Å². The number of aromatic nitrogens is 1. The van der Waals surface area contributed by atoms with Gasteiger partial charge in [0.2, 0.25) is 5.91 Å². The third-order valence-electron chi connectivity index (χ3n) is 3.88. The Balaban J connectivity index is 1.60. The Morgan fingerprint density at radius 3 is 2.82 bits per heavy atom. The number of anilines is 1. The van der Waals surface area contributed by atoms with Crippen LogP contribution in [0.4, 0.5) is 5.82 Å². The number of rotatable bonds is 7. The first-order valence-electron chi connectivity index (χ1n) is 7.85. The molecule has 22 heavy (non-hydrogen) atoms. The van der Waals surface area contributed by atoms with Gasteiger partial charge in [-0.2, -0.15) is 5.26 Å². The van der Waals surface area contributed by atoms with Crippen molar-refractivity contribution in [3.8, 4) is 6.07 Å². The van der Waals surface area contributed by atoms with Crippen LogP contribution >= 0.6 is 0 Å². The quantitative estimate of drug-likeness (QED) is 0.744. The number of nitriles is 1. The number of unbranched alkanes of at least 4 members (excludes halogenated alkanes) is 1. The zero-order chi connectivity index (χ0) is 15.8. The van der Waals surface area contributed by atoms with Gasteiger partial charge in [0.05, 0.1) is 11.6 Å². The predicted octanol–water partition coefficient (Wildman–Crippen LogP) is 1.49. The second-order valence-corrected chi connectivity index (χ2v) is 5.61. The van der Waals surface area contributed by atoms with Crippen molar-refractivity contribution in [2.45, 2.75) is 38.1 Å². The Bertz CT molecular complexity index is 516. The number of hydrogen-bond acceptors (Lipinski definition) is 5. The van der Waals surface area contributed by atoms with Gasteiger partial charge < -0.3 is 16.0 Å². The Kier molecular flexibility index (Phi) is 6.16. The molecule has 0 aromatic carbocycles. The minimum Gasteiger partial charge on any atom is -0.370 e. The van der Waals surface area contributed by atoms with Crippen molar-refractivity contribution >= 4 is 11.7 Å². The van der Waals surface area contributed by atoms with Gasteiger partial charge in [0.1, 0.15) is 11.9 Å². The third-order valence-corrected chi connectivity index (χ3v) is 3.88. The largest absolute Gasteiger partial charge is 0.370 e. The molecule has 2 rings (SSSR count). The van der Waals surface area contributed by atoms with Crippen LogP contribution in [0.3, 0.4) is 0 Å². The lowest BCUT2D eigenvalue weighted by Crippen LogP contribution is -2.42. The van der Waals surface area contributed by atoms with Gasteiger partial charge in [-0.05, 0) is 44.2 Å². The van der Waals surface area contributed by atoms with Crippen molar-refractivity contribution in [2.75, 3.05) is 25.0 Å². The van der Waals surface area contributed by atoms with Gasteiger partial charge >= 0.3 is 0 Å². The number of amides is 1. The minimum atomic E-state index is -0.369. The van der Waals surface area contributed by atoms with Gasteiger partial charge in [0.15, 0.2) is 0 Å². The molecule has 6 heteroatoms. The highest BCUT2D eigenvalue weighted by Crippen LogP contribution is 2.11. The second kappa shape index (κ2) is 8.35. The van der Waals surface area contributed by atoms with Crippen LogP contribution in [0.25, 0.3) is 0 Å². The van der Waals surface area contributed by atoms with Gasteiger partial charge in [0.25, 0.3) is 0 Å². The molecule has 0 aliphatic carbocycles. The summed E-state index contributed by atoms with van der Waals surface area (Å²) in [6.45, 7) is 2.50. The van der Waals surface area contributed by atoms with E-state index < -0.39 is 0 Å². The second-order valence-electron chi connectivity index (χ2n) is 5.61. The van der Waals surface area contributed by atoms with Crippen LogP contribution in [0.15, 0.2) is 18.3 Å². The molecule has 0 bridgehead atoms. The fourth-order valence-corrected chi connectivity index (χ4v) is 2.57. The summed E-state index contributed by atoms with van der Waals surface area (Å²) in [7, 11) is 0. The van der Waals surface area contributed by atoms with Crippen LogP contribution in [-0.4, -0.2) is 41.5 Å². The van der Waals surface area contributed by atoms with Crippen LogP contribution < -0.4 is 11.1 Å².